The molecule has 116 valence electrons. The van der Waals surface area contributed by atoms with Crippen LogP contribution >= 0.6 is 0 Å². The Morgan fingerprint density at radius 3 is 2.82 bits per heavy atom. The van der Waals surface area contributed by atoms with Crippen molar-refractivity contribution >= 4 is 0 Å². The van der Waals surface area contributed by atoms with Crippen LogP contribution in [0.5, 0.6) is 5.75 Å². The van der Waals surface area contributed by atoms with E-state index in [4.69, 9.17) is 0 Å². The number of rotatable bonds is 4. The van der Waals surface area contributed by atoms with Gasteiger partial charge in [0, 0.05) is 13.1 Å². The number of hydrogen-bond donors (Lipinski definition) is 1. The summed E-state index contributed by atoms with van der Waals surface area (Å²) < 4.78 is 13.6. The predicted octanol–water partition coefficient (Wildman–Crippen LogP) is 3.90. The third-order valence-corrected chi connectivity index (χ3v) is 4.45. The van der Waals surface area contributed by atoms with Crippen LogP contribution in [0.3, 0.4) is 0 Å². The molecule has 3 rings (SSSR count). The van der Waals surface area contributed by atoms with Gasteiger partial charge in [0.2, 0.25) is 0 Å². The van der Waals surface area contributed by atoms with E-state index in [1.165, 1.54) is 0 Å². The van der Waals surface area contributed by atoms with Gasteiger partial charge >= 0.3 is 0 Å². The summed E-state index contributed by atoms with van der Waals surface area (Å²) in [5, 5.41) is 9.53. The molecule has 2 aromatic carbocycles. The molecule has 1 fully saturated rings. The van der Waals surface area contributed by atoms with Crippen LogP contribution in [0.2, 0.25) is 0 Å². The molecule has 0 saturated carbocycles. The molecule has 0 amide bonds. The van der Waals surface area contributed by atoms with Crippen molar-refractivity contribution in [3.05, 3.63) is 65.0 Å². The summed E-state index contributed by atoms with van der Waals surface area (Å²) in [4.78, 5) is 2.41. The van der Waals surface area contributed by atoms with E-state index < -0.39 is 0 Å². The second-order valence-electron chi connectivity index (χ2n) is 6.35. The predicted molar refractivity (Wildman–Crippen MR) is 86.3 cm³/mol. The first-order chi connectivity index (χ1) is 10.6. The minimum atomic E-state index is -0.105. The smallest absolute Gasteiger partial charge is 0.126 e. The maximum absolute atomic E-state index is 13.6. The highest BCUT2D eigenvalue weighted by Gasteiger charge is 2.22. The maximum atomic E-state index is 13.6. The zero-order valence-electron chi connectivity index (χ0n) is 12.9. The fourth-order valence-electron chi connectivity index (χ4n) is 3.23. The quantitative estimate of drug-likeness (QED) is 0.925. The van der Waals surface area contributed by atoms with Gasteiger partial charge in [-0.3, -0.25) is 4.90 Å². The van der Waals surface area contributed by atoms with Crippen LogP contribution in [0.15, 0.2) is 42.5 Å². The van der Waals surface area contributed by atoms with Crippen molar-refractivity contribution < 1.29 is 9.50 Å². The lowest BCUT2D eigenvalue weighted by molar-refractivity contribution is 0.315. The van der Waals surface area contributed by atoms with Crippen molar-refractivity contribution in [2.45, 2.75) is 26.3 Å². The minimum Gasteiger partial charge on any atom is -0.508 e. The van der Waals surface area contributed by atoms with Crippen molar-refractivity contribution in [3.63, 3.8) is 0 Å². The van der Waals surface area contributed by atoms with E-state index in [0.29, 0.717) is 17.2 Å². The second-order valence-corrected chi connectivity index (χ2v) is 6.35. The fraction of sp³-hybridized carbons (Fsp3) is 0.368. The van der Waals surface area contributed by atoms with Gasteiger partial charge in [0.05, 0.1) is 0 Å². The van der Waals surface area contributed by atoms with Gasteiger partial charge in [-0.1, -0.05) is 24.3 Å². The molecule has 1 saturated heterocycles. The largest absolute Gasteiger partial charge is 0.508 e. The number of nitrogens with zero attached hydrogens (tertiary/aromatic N) is 1. The standard InChI is InChI=1S/C19H22FNO/c1-14-5-6-15(11-19(14)20)9-17-7-8-21(13-17)12-16-3-2-4-18(22)10-16/h2-6,10-11,17,22H,7-9,12-13H2,1H3. The van der Waals surface area contributed by atoms with Crippen LogP contribution in [-0.2, 0) is 13.0 Å². The Kier molecular flexibility index (Phi) is 4.44. The number of phenolic OH excluding ortho intramolecular Hbond substituents is 1. The minimum absolute atomic E-state index is 0.105. The zero-order chi connectivity index (χ0) is 15.5. The molecular weight excluding hydrogens is 277 g/mol. The number of aromatic hydroxyl groups is 1. The van der Waals surface area contributed by atoms with E-state index >= 15 is 0 Å². The lowest BCUT2D eigenvalue weighted by atomic mass is 9.98. The van der Waals surface area contributed by atoms with Gasteiger partial charge in [-0.2, -0.15) is 0 Å². The first-order valence-corrected chi connectivity index (χ1v) is 7.85. The summed E-state index contributed by atoms with van der Waals surface area (Å²) in [6, 6.07) is 13.0. The Morgan fingerprint density at radius 2 is 2.05 bits per heavy atom. The van der Waals surface area contributed by atoms with Crippen LogP contribution in [-0.4, -0.2) is 23.1 Å². The highest BCUT2D eigenvalue weighted by Crippen LogP contribution is 2.24. The molecule has 0 bridgehead atoms. The molecule has 22 heavy (non-hydrogen) atoms. The monoisotopic (exact) mass is 299 g/mol. The molecule has 0 aliphatic carbocycles. The summed E-state index contributed by atoms with van der Waals surface area (Å²) in [7, 11) is 0. The maximum Gasteiger partial charge on any atom is 0.126 e. The average molecular weight is 299 g/mol. The molecule has 1 unspecified atom stereocenters. The summed E-state index contributed by atoms with van der Waals surface area (Å²) in [5.41, 5.74) is 2.94. The van der Waals surface area contributed by atoms with Gasteiger partial charge in [-0.15, -0.1) is 0 Å². The van der Waals surface area contributed by atoms with E-state index in [-0.39, 0.29) is 5.82 Å². The summed E-state index contributed by atoms with van der Waals surface area (Å²) in [6.07, 6.45) is 2.09. The highest BCUT2D eigenvalue weighted by molar-refractivity contribution is 5.27. The third-order valence-electron chi connectivity index (χ3n) is 4.45. The Bertz CT molecular complexity index is 656. The van der Waals surface area contributed by atoms with Gasteiger partial charge in [0.25, 0.3) is 0 Å². The number of likely N-dealkylation sites (tertiary alicyclic amines) is 1. The van der Waals surface area contributed by atoms with Crippen LogP contribution < -0.4 is 0 Å². The van der Waals surface area contributed by atoms with E-state index in [1.54, 1.807) is 19.1 Å². The van der Waals surface area contributed by atoms with Crippen molar-refractivity contribution in [1.29, 1.82) is 0 Å². The molecule has 2 aromatic rings. The van der Waals surface area contributed by atoms with Crippen molar-refractivity contribution in [2.75, 3.05) is 13.1 Å². The Balaban J connectivity index is 1.57. The molecule has 0 aromatic heterocycles. The Labute approximate surface area is 131 Å². The SMILES string of the molecule is Cc1ccc(CC2CCN(Cc3cccc(O)c3)C2)cc1F. The van der Waals surface area contributed by atoms with E-state index in [9.17, 15) is 9.50 Å². The van der Waals surface area contributed by atoms with Crippen LogP contribution in [0, 0.1) is 18.7 Å². The molecular formula is C19H22FNO. The number of halogens is 1. The van der Waals surface area contributed by atoms with E-state index in [0.717, 1.165) is 43.6 Å². The Hall–Kier alpha value is -1.87. The summed E-state index contributed by atoms with van der Waals surface area (Å²) in [5.74, 6) is 0.801. The number of aryl methyl sites for hydroxylation is 1. The molecule has 0 spiro atoms. The lowest BCUT2D eigenvalue weighted by Crippen LogP contribution is -2.20. The number of benzene rings is 2. The van der Waals surface area contributed by atoms with Gasteiger partial charge in [0.1, 0.15) is 11.6 Å². The molecule has 3 heteroatoms. The fourth-order valence-corrected chi connectivity index (χ4v) is 3.23. The zero-order valence-corrected chi connectivity index (χ0v) is 12.9. The van der Waals surface area contributed by atoms with Gasteiger partial charge in [-0.25, -0.2) is 4.39 Å². The van der Waals surface area contributed by atoms with Gasteiger partial charge in [0.15, 0.2) is 0 Å². The first kappa shape index (κ1) is 15.0. The van der Waals surface area contributed by atoms with Crippen molar-refractivity contribution in [2.24, 2.45) is 5.92 Å². The molecule has 1 atom stereocenters. The summed E-state index contributed by atoms with van der Waals surface area (Å²) in [6.45, 7) is 4.76. The van der Waals surface area contributed by atoms with Crippen molar-refractivity contribution in [1.82, 2.24) is 4.90 Å². The van der Waals surface area contributed by atoms with E-state index in [1.807, 2.05) is 30.3 Å². The number of phenols is 1. The van der Waals surface area contributed by atoms with Gasteiger partial charge in [-0.05, 0) is 67.1 Å². The van der Waals surface area contributed by atoms with Crippen LogP contribution in [0.4, 0.5) is 4.39 Å². The normalized spacial score (nSPS) is 18.7. The number of hydrogen-bond acceptors (Lipinski definition) is 2. The second kappa shape index (κ2) is 6.49. The van der Waals surface area contributed by atoms with Crippen LogP contribution in [0.1, 0.15) is 23.1 Å². The first-order valence-electron chi connectivity index (χ1n) is 7.85. The lowest BCUT2D eigenvalue weighted by Gasteiger charge is -2.16. The molecule has 1 heterocycles. The van der Waals surface area contributed by atoms with Crippen molar-refractivity contribution in [3.8, 4) is 5.75 Å². The topological polar surface area (TPSA) is 23.5 Å². The third kappa shape index (κ3) is 3.66. The Morgan fingerprint density at radius 1 is 1.18 bits per heavy atom. The molecule has 1 N–H and O–H groups in total. The molecule has 0 radical (unpaired) electrons. The van der Waals surface area contributed by atoms with Crippen LogP contribution in [0.25, 0.3) is 0 Å². The van der Waals surface area contributed by atoms with E-state index in [2.05, 4.69) is 4.90 Å². The molecule has 2 nitrogen and oxygen atoms in total. The molecule has 1 aliphatic heterocycles. The average Bonchev–Trinajstić information content (AvgIpc) is 2.90. The molecule has 1 aliphatic rings. The highest BCUT2D eigenvalue weighted by atomic mass is 19.1. The summed E-state index contributed by atoms with van der Waals surface area (Å²) >= 11 is 0. The van der Waals surface area contributed by atoms with Gasteiger partial charge < -0.3 is 5.11 Å².